The molecule has 33 heavy (non-hydrogen) atoms. The van der Waals surface area contributed by atoms with E-state index in [1.54, 1.807) is 12.1 Å². The standard InChI is InChI=1S/C26H25N3O3S/c1-2-5-18-8-12-20(13-9-18)25-16-23(22-6-3-4-7-24(22)29-25)26(30)28-17-19-10-14-21(15-11-19)33(27,31)32/h3-4,6-16H,2,5,17H2,1H3,(H,28,30)(H2,27,31,32). The number of nitrogens with one attached hydrogen (secondary N) is 1. The Bertz CT molecular complexity index is 1400. The lowest BCUT2D eigenvalue weighted by Gasteiger charge is -2.11. The minimum atomic E-state index is -3.75. The number of carbonyl (C=O) groups is 1. The highest BCUT2D eigenvalue weighted by Crippen LogP contribution is 2.25. The van der Waals surface area contributed by atoms with Crippen molar-refractivity contribution < 1.29 is 13.2 Å². The van der Waals surface area contributed by atoms with E-state index in [-0.39, 0.29) is 17.3 Å². The largest absolute Gasteiger partial charge is 0.348 e. The molecule has 0 atom stereocenters. The van der Waals surface area contributed by atoms with Gasteiger partial charge in [-0.05, 0) is 41.8 Å². The van der Waals surface area contributed by atoms with E-state index in [1.165, 1.54) is 17.7 Å². The minimum absolute atomic E-state index is 0.0345. The smallest absolute Gasteiger partial charge is 0.252 e. The average molecular weight is 460 g/mol. The molecular formula is C26H25N3O3S. The van der Waals surface area contributed by atoms with Gasteiger partial charge in [-0.25, -0.2) is 18.5 Å². The van der Waals surface area contributed by atoms with Crippen LogP contribution in [0.3, 0.4) is 0 Å². The first kappa shape index (κ1) is 22.6. The number of carbonyl (C=O) groups excluding carboxylic acids is 1. The highest BCUT2D eigenvalue weighted by molar-refractivity contribution is 7.89. The summed E-state index contributed by atoms with van der Waals surface area (Å²) in [4.78, 5) is 17.9. The van der Waals surface area contributed by atoms with Crippen LogP contribution < -0.4 is 10.5 Å². The third kappa shape index (κ3) is 5.27. The van der Waals surface area contributed by atoms with Gasteiger partial charge in [0.15, 0.2) is 0 Å². The quantitative estimate of drug-likeness (QED) is 0.427. The molecule has 0 unspecified atom stereocenters. The number of rotatable bonds is 7. The highest BCUT2D eigenvalue weighted by Gasteiger charge is 2.14. The summed E-state index contributed by atoms with van der Waals surface area (Å²) in [6.07, 6.45) is 2.11. The van der Waals surface area contributed by atoms with Gasteiger partial charge in [-0.1, -0.05) is 67.9 Å². The fraction of sp³-hybridized carbons (Fsp3) is 0.154. The van der Waals surface area contributed by atoms with Crippen molar-refractivity contribution in [2.45, 2.75) is 31.2 Å². The van der Waals surface area contributed by atoms with Crippen LogP contribution in [-0.2, 0) is 23.0 Å². The lowest BCUT2D eigenvalue weighted by Crippen LogP contribution is -2.23. The van der Waals surface area contributed by atoms with Gasteiger partial charge >= 0.3 is 0 Å². The molecule has 0 aliphatic rings. The number of sulfonamides is 1. The Morgan fingerprint density at radius 3 is 2.27 bits per heavy atom. The maximum Gasteiger partial charge on any atom is 0.252 e. The Labute approximate surface area is 193 Å². The molecule has 0 saturated heterocycles. The van der Waals surface area contributed by atoms with Crippen LogP contribution in [0.5, 0.6) is 0 Å². The van der Waals surface area contributed by atoms with E-state index in [0.717, 1.165) is 40.6 Å². The lowest BCUT2D eigenvalue weighted by molar-refractivity contribution is 0.0952. The number of amides is 1. The van der Waals surface area contributed by atoms with E-state index in [2.05, 4.69) is 24.4 Å². The van der Waals surface area contributed by atoms with Crippen LogP contribution in [0.4, 0.5) is 0 Å². The zero-order chi connectivity index (χ0) is 23.4. The van der Waals surface area contributed by atoms with Crippen LogP contribution in [0.2, 0.25) is 0 Å². The molecule has 4 aromatic rings. The molecule has 1 heterocycles. The van der Waals surface area contributed by atoms with Gasteiger partial charge in [0.05, 0.1) is 21.7 Å². The second kappa shape index (κ2) is 9.52. The predicted molar refractivity (Wildman–Crippen MR) is 130 cm³/mol. The Hall–Kier alpha value is -3.55. The van der Waals surface area contributed by atoms with Crippen LogP contribution in [0, 0.1) is 0 Å². The van der Waals surface area contributed by atoms with Gasteiger partial charge < -0.3 is 5.32 Å². The van der Waals surface area contributed by atoms with Gasteiger partial charge in [-0.15, -0.1) is 0 Å². The molecule has 0 saturated carbocycles. The van der Waals surface area contributed by atoms with E-state index >= 15 is 0 Å². The number of aryl methyl sites for hydroxylation is 1. The Morgan fingerprint density at radius 1 is 0.939 bits per heavy atom. The second-order valence-corrected chi connectivity index (χ2v) is 9.45. The number of nitrogens with zero attached hydrogens (tertiary/aromatic N) is 1. The molecule has 7 heteroatoms. The minimum Gasteiger partial charge on any atom is -0.348 e. The summed E-state index contributed by atoms with van der Waals surface area (Å²) in [6.45, 7) is 2.40. The van der Waals surface area contributed by atoms with Crippen LogP contribution in [0.25, 0.3) is 22.2 Å². The zero-order valence-corrected chi connectivity index (χ0v) is 19.1. The van der Waals surface area contributed by atoms with Gasteiger partial charge in [-0.2, -0.15) is 0 Å². The van der Waals surface area contributed by atoms with Crippen molar-refractivity contribution in [3.63, 3.8) is 0 Å². The summed E-state index contributed by atoms with van der Waals surface area (Å²) in [7, 11) is -3.75. The van der Waals surface area contributed by atoms with Crippen molar-refractivity contribution in [2.24, 2.45) is 5.14 Å². The topological polar surface area (TPSA) is 102 Å². The van der Waals surface area contributed by atoms with Crippen LogP contribution in [0.15, 0.2) is 83.8 Å². The number of fused-ring (bicyclic) bond motifs is 1. The van der Waals surface area contributed by atoms with Crippen molar-refractivity contribution in [3.8, 4) is 11.3 Å². The van der Waals surface area contributed by atoms with Gasteiger partial charge in [0.2, 0.25) is 10.0 Å². The lowest BCUT2D eigenvalue weighted by atomic mass is 10.0. The van der Waals surface area contributed by atoms with Crippen molar-refractivity contribution in [3.05, 3.63) is 95.6 Å². The normalized spacial score (nSPS) is 11.5. The molecule has 0 aliphatic heterocycles. The average Bonchev–Trinajstić information content (AvgIpc) is 2.82. The molecule has 0 bridgehead atoms. The second-order valence-electron chi connectivity index (χ2n) is 7.89. The van der Waals surface area contributed by atoms with Gasteiger partial charge in [0.1, 0.15) is 0 Å². The van der Waals surface area contributed by atoms with Crippen LogP contribution in [-0.4, -0.2) is 19.3 Å². The van der Waals surface area contributed by atoms with Gasteiger partial charge in [-0.3, -0.25) is 4.79 Å². The Kier molecular flexibility index (Phi) is 6.53. The maximum absolute atomic E-state index is 13.1. The fourth-order valence-corrected chi connectivity index (χ4v) is 4.23. The molecule has 1 aromatic heterocycles. The summed E-state index contributed by atoms with van der Waals surface area (Å²) in [6, 6.07) is 23.8. The highest BCUT2D eigenvalue weighted by atomic mass is 32.2. The van der Waals surface area contributed by atoms with E-state index in [4.69, 9.17) is 10.1 Å². The summed E-state index contributed by atoms with van der Waals surface area (Å²) in [5.41, 5.74) is 5.01. The third-order valence-electron chi connectivity index (χ3n) is 5.45. The molecule has 4 rings (SSSR count). The molecule has 168 valence electrons. The van der Waals surface area contributed by atoms with E-state index in [9.17, 15) is 13.2 Å². The number of para-hydroxylation sites is 1. The van der Waals surface area contributed by atoms with E-state index < -0.39 is 10.0 Å². The maximum atomic E-state index is 13.1. The summed E-state index contributed by atoms with van der Waals surface area (Å²) in [5.74, 6) is -0.229. The molecule has 0 fully saturated rings. The number of hydrogen-bond acceptors (Lipinski definition) is 4. The molecule has 6 nitrogen and oxygen atoms in total. The molecule has 3 N–H and O–H groups in total. The first-order chi connectivity index (χ1) is 15.8. The molecule has 0 spiro atoms. The first-order valence-electron chi connectivity index (χ1n) is 10.7. The summed E-state index contributed by atoms with van der Waals surface area (Å²) in [5, 5.41) is 8.83. The Balaban J connectivity index is 1.61. The number of nitrogens with two attached hydrogens (primary N) is 1. The molecule has 0 radical (unpaired) electrons. The van der Waals surface area contributed by atoms with E-state index in [0.29, 0.717) is 5.56 Å². The zero-order valence-electron chi connectivity index (χ0n) is 18.3. The number of pyridine rings is 1. The van der Waals surface area contributed by atoms with E-state index in [1.807, 2.05) is 42.5 Å². The summed E-state index contributed by atoms with van der Waals surface area (Å²) >= 11 is 0. The molecule has 1 amide bonds. The van der Waals surface area contributed by atoms with Gasteiger partial charge in [0.25, 0.3) is 5.91 Å². The van der Waals surface area contributed by atoms with Crippen LogP contribution in [0.1, 0.15) is 34.8 Å². The fourth-order valence-electron chi connectivity index (χ4n) is 3.72. The monoisotopic (exact) mass is 459 g/mol. The summed E-state index contributed by atoms with van der Waals surface area (Å²) < 4.78 is 22.8. The molecule has 3 aromatic carbocycles. The van der Waals surface area contributed by atoms with Crippen molar-refractivity contribution >= 4 is 26.8 Å². The van der Waals surface area contributed by atoms with Crippen molar-refractivity contribution in [2.75, 3.05) is 0 Å². The number of benzene rings is 3. The Morgan fingerprint density at radius 2 is 1.61 bits per heavy atom. The van der Waals surface area contributed by atoms with Crippen LogP contribution >= 0.6 is 0 Å². The number of hydrogen-bond donors (Lipinski definition) is 2. The molecular weight excluding hydrogens is 434 g/mol. The van der Waals surface area contributed by atoms with Crippen molar-refractivity contribution in [1.82, 2.24) is 10.3 Å². The van der Waals surface area contributed by atoms with Crippen molar-refractivity contribution in [1.29, 1.82) is 0 Å². The van der Waals surface area contributed by atoms with Gasteiger partial charge in [0, 0.05) is 17.5 Å². The first-order valence-corrected chi connectivity index (χ1v) is 12.3. The number of aromatic nitrogens is 1. The molecule has 0 aliphatic carbocycles. The third-order valence-corrected chi connectivity index (χ3v) is 6.38. The number of primary sulfonamides is 1. The predicted octanol–water partition coefficient (Wildman–Crippen LogP) is 4.43. The SMILES string of the molecule is CCCc1ccc(-c2cc(C(=O)NCc3ccc(S(N)(=O)=O)cc3)c3ccccc3n2)cc1.